The van der Waals surface area contributed by atoms with Crippen LogP contribution in [-0.2, 0) is 10.0 Å². The Labute approximate surface area is 138 Å². The van der Waals surface area contributed by atoms with Gasteiger partial charge in [0, 0.05) is 0 Å². The molecule has 2 rings (SSSR count). The molecule has 0 spiro atoms. The first kappa shape index (κ1) is 16.5. The molecular formula is C12H6BrCl2F2NO2S. The second-order valence-corrected chi connectivity index (χ2v) is 7.20. The van der Waals surface area contributed by atoms with Crippen molar-refractivity contribution in [2.45, 2.75) is 4.90 Å². The summed E-state index contributed by atoms with van der Waals surface area (Å²) in [6, 6.07) is 5.68. The Bertz CT molecular complexity index is 815. The van der Waals surface area contributed by atoms with Crippen molar-refractivity contribution in [3.05, 3.63) is 56.5 Å². The zero-order valence-corrected chi connectivity index (χ0v) is 13.9. The smallest absolute Gasteiger partial charge is 0.263 e. The molecule has 0 amide bonds. The molecule has 0 aliphatic heterocycles. The minimum atomic E-state index is -4.14. The third-order valence-corrected chi connectivity index (χ3v) is 5.27. The molecule has 2 aromatic carbocycles. The Morgan fingerprint density at radius 2 is 1.76 bits per heavy atom. The highest BCUT2D eigenvalue weighted by molar-refractivity contribution is 9.10. The van der Waals surface area contributed by atoms with Crippen LogP contribution in [0.3, 0.4) is 0 Å². The predicted octanol–water partition coefficient (Wildman–Crippen LogP) is 4.83. The first-order valence-corrected chi connectivity index (χ1v) is 8.37. The normalized spacial score (nSPS) is 11.5. The van der Waals surface area contributed by atoms with Gasteiger partial charge >= 0.3 is 0 Å². The van der Waals surface area contributed by atoms with Crippen LogP contribution in [-0.4, -0.2) is 8.42 Å². The standard InChI is InChI=1S/C12H6BrCl2F2NO2S/c13-7-5-6(1-3-9(7)16)18-21(19,20)10-4-2-8(14)12(17)11(10)15/h1-5,18H. The average Bonchev–Trinajstić information content (AvgIpc) is 2.39. The van der Waals surface area contributed by atoms with Crippen LogP contribution >= 0.6 is 39.1 Å². The Morgan fingerprint density at radius 3 is 2.38 bits per heavy atom. The monoisotopic (exact) mass is 415 g/mol. The summed E-state index contributed by atoms with van der Waals surface area (Å²) in [5, 5.41) is -0.903. The van der Waals surface area contributed by atoms with E-state index in [1.807, 2.05) is 0 Å². The summed E-state index contributed by atoms with van der Waals surface area (Å²) in [5.74, 6) is -1.57. The van der Waals surface area contributed by atoms with Crippen molar-refractivity contribution in [2.24, 2.45) is 0 Å². The second kappa shape index (κ2) is 6.08. The van der Waals surface area contributed by atoms with Gasteiger partial charge in [-0.15, -0.1) is 0 Å². The van der Waals surface area contributed by atoms with Crippen LogP contribution < -0.4 is 4.72 Å². The molecule has 0 unspecified atom stereocenters. The van der Waals surface area contributed by atoms with Crippen molar-refractivity contribution in [1.29, 1.82) is 0 Å². The molecule has 2 aromatic rings. The van der Waals surface area contributed by atoms with Crippen molar-refractivity contribution in [3.63, 3.8) is 0 Å². The average molecular weight is 417 g/mol. The summed E-state index contributed by atoms with van der Waals surface area (Å²) >= 11 is 14.1. The van der Waals surface area contributed by atoms with E-state index in [4.69, 9.17) is 23.2 Å². The fourth-order valence-corrected chi connectivity index (χ4v) is 3.66. The van der Waals surface area contributed by atoms with E-state index in [1.165, 1.54) is 12.1 Å². The predicted molar refractivity (Wildman–Crippen MR) is 81.3 cm³/mol. The van der Waals surface area contributed by atoms with Crippen LogP contribution in [0.4, 0.5) is 14.5 Å². The molecule has 0 heterocycles. The van der Waals surface area contributed by atoms with Crippen LogP contribution in [0.15, 0.2) is 39.7 Å². The third kappa shape index (κ3) is 3.48. The number of hydrogen-bond acceptors (Lipinski definition) is 2. The van der Waals surface area contributed by atoms with Gasteiger partial charge in [0.05, 0.1) is 20.2 Å². The van der Waals surface area contributed by atoms with Crippen molar-refractivity contribution in [1.82, 2.24) is 0 Å². The largest absolute Gasteiger partial charge is 0.280 e. The fraction of sp³-hybridized carbons (Fsp3) is 0. The summed E-state index contributed by atoms with van der Waals surface area (Å²) < 4.78 is 53.3. The van der Waals surface area contributed by atoms with Gasteiger partial charge in [-0.3, -0.25) is 4.72 Å². The van der Waals surface area contributed by atoms with Crippen LogP contribution in [0.1, 0.15) is 0 Å². The van der Waals surface area contributed by atoms with Crippen LogP contribution in [0.25, 0.3) is 0 Å². The summed E-state index contributed by atoms with van der Waals surface area (Å²) in [6.07, 6.45) is 0. The third-order valence-electron chi connectivity index (χ3n) is 2.46. The molecule has 0 aromatic heterocycles. The Hall–Kier alpha value is -0.890. The second-order valence-electron chi connectivity index (χ2n) is 3.91. The quantitative estimate of drug-likeness (QED) is 0.728. The molecule has 0 atom stereocenters. The Kier molecular flexibility index (Phi) is 4.77. The maximum absolute atomic E-state index is 13.6. The number of sulfonamides is 1. The van der Waals surface area contributed by atoms with Crippen molar-refractivity contribution in [2.75, 3.05) is 4.72 Å². The molecule has 21 heavy (non-hydrogen) atoms. The molecule has 0 aliphatic rings. The minimum Gasteiger partial charge on any atom is -0.280 e. The highest BCUT2D eigenvalue weighted by atomic mass is 79.9. The molecule has 9 heteroatoms. The highest BCUT2D eigenvalue weighted by Crippen LogP contribution is 2.31. The molecule has 0 radical (unpaired) electrons. The molecule has 1 N–H and O–H groups in total. The zero-order valence-electron chi connectivity index (χ0n) is 10.0. The van der Waals surface area contributed by atoms with E-state index in [2.05, 4.69) is 20.7 Å². The fourth-order valence-electron chi connectivity index (χ4n) is 1.49. The number of nitrogens with one attached hydrogen (secondary N) is 1. The van der Waals surface area contributed by atoms with E-state index in [0.717, 1.165) is 18.2 Å². The topological polar surface area (TPSA) is 46.2 Å². The van der Waals surface area contributed by atoms with Crippen molar-refractivity contribution < 1.29 is 17.2 Å². The maximum atomic E-state index is 13.6. The van der Waals surface area contributed by atoms with E-state index in [0.29, 0.717) is 0 Å². The van der Waals surface area contributed by atoms with E-state index >= 15 is 0 Å². The maximum Gasteiger partial charge on any atom is 0.263 e. The molecule has 0 bridgehead atoms. The molecule has 0 saturated heterocycles. The molecule has 112 valence electrons. The molecule has 0 saturated carbocycles. The SMILES string of the molecule is O=S(=O)(Nc1ccc(F)c(Br)c1)c1ccc(Cl)c(F)c1Cl. The Balaban J connectivity index is 2.43. The zero-order chi connectivity index (χ0) is 15.8. The number of rotatable bonds is 3. The number of hydrogen-bond donors (Lipinski definition) is 1. The first-order valence-electron chi connectivity index (χ1n) is 5.34. The molecular weight excluding hydrogens is 411 g/mol. The Morgan fingerprint density at radius 1 is 1.10 bits per heavy atom. The van der Waals surface area contributed by atoms with E-state index in [1.54, 1.807) is 0 Å². The van der Waals surface area contributed by atoms with Gasteiger partial charge in [0.15, 0.2) is 5.82 Å². The van der Waals surface area contributed by atoms with Gasteiger partial charge < -0.3 is 0 Å². The van der Waals surface area contributed by atoms with Gasteiger partial charge in [0.1, 0.15) is 10.7 Å². The summed E-state index contributed by atoms with van der Waals surface area (Å²) in [6.45, 7) is 0. The van der Waals surface area contributed by atoms with E-state index < -0.39 is 31.6 Å². The summed E-state index contributed by atoms with van der Waals surface area (Å²) in [5.41, 5.74) is 0.0923. The summed E-state index contributed by atoms with van der Waals surface area (Å²) in [4.78, 5) is -0.466. The lowest BCUT2D eigenvalue weighted by molar-refractivity contribution is 0.595. The van der Waals surface area contributed by atoms with Crippen molar-refractivity contribution >= 4 is 54.8 Å². The molecule has 0 fully saturated rings. The lowest BCUT2D eigenvalue weighted by Gasteiger charge is -2.11. The lowest BCUT2D eigenvalue weighted by Crippen LogP contribution is -2.14. The van der Waals surface area contributed by atoms with Gasteiger partial charge in [-0.25, -0.2) is 17.2 Å². The first-order chi connectivity index (χ1) is 9.72. The van der Waals surface area contributed by atoms with Gasteiger partial charge in [0.2, 0.25) is 0 Å². The van der Waals surface area contributed by atoms with Gasteiger partial charge in [-0.2, -0.15) is 0 Å². The van der Waals surface area contributed by atoms with E-state index in [-0.39, 0.29) is 15.2 Å². The van der Waals surface area contributed by atoms with Crippen LogP contribution in [0.2, 0.25) is 10.0 Å². The number of anilines is 1. The molecule has 0 aliphatic carbocycles. The molecule has 3 nitrogen and oxygen atoms in total. The highest BCUT2D eigenvalue weighted by Gasteiger charge is 2.22. The van der Waals surface area contributed by atoms with Gasteiger partial charge in [0.25, 0.3) is 10.0 Å². The van der Waals surface area contributed by atoms with E-state index in [9.17, 15) is 17.2 Å². The summed E-state index contributed by atoms with van der Waals surface area (Å²) in [7, 11) is -4.14. The number of benzene rings is 2. The van der Waals surface area contributed by atoms with Crippen LogP contribution in [0.5, 0.6) is 0 Å². The van der Waals surface area contributed by atoms with Gasteiger partial charge in [-0.05, 0) is 46.3 Å². The van der Waals surface area contributed by atoms with Crippen molar-refractivity contribution in [3.8, 4) is 0 Å². The van der Waals surface area contributed by atoms with Gasteiger partial charge in [-0.1, -0.05) is 23.2 Å². The number of halogens is 5. The van der Waals surface area contributed by atoms with Crippen LogP contribution in [0, 0.1) is 11.6 Å². The lowest BCUT2D eigenvalue weighted by atomic mass is 10.3. The minimum absolute atomic E-state index is 0.0797.